The zero-order valence-electron chi connectivity index (χ0n) is 21.5. The van der Waals surface area contributed by atoms with Crippen LogP contribution in [0, 0.1) is 12.3 Å². The van der Waals surface area contributed by atoms with Gasteiger partial charge >= 0.3 is 24.3 Å². The number of carbonyl (C=O) groups is 4. The highest BCUT2D eigenvalue weighted by atomic mass is 19.4. The van der Waals surface area contributed by atoms with Crippen LogP contribution in [0.25, 0.3) is 0 Å². The zero-order valence-corrected chi connectivity index (χ0v) is 21.5. The maximum Gasteiger partial charge on any atom is 0.490 e. The maximum atomic E-state index is 12.9. The Labute approximate surface area is 220 Å². The molecule has 220 valence electrons. The summed E-state index contributed by atoms with van der Waals surface area (Å²) in [6.07, 6.45) is -6.05. The van der Waals surface area contributed by atoms with Gasteiger partial charge in [0.25, 0.3) is 5.91 Å². The topological polar surface area (TPSA) is 131 Å². The molecule has 0 unspecified atom stereocenters. The SMILES string of the molecule is Cc1ccc(C(=O)N2CCC3(CC2)CCN(CCN(C)C)C3=O)cn1.O=C(O)C(F)(F)F.O=C(O)C(F)(F)F. The molecule has 1 aromatic heterocycles. The summed E-state index contributed by atoms with van der Waals surface area (Å²) in [4.78, 5) is 53.5. The molecule has 0 saturated carbocycles. The molecule has 2 amide bonds. The van der Waals surface area contributed by atoms with E-state index in [-0.39, 0.29) is 11.3 Å². The number of carboxylic acids is 2. The molecule has 0 aliphatic carbocycles. The van der Waals surface area contributed by atoms with Gasteiger partial charge in [-0.15, -0.1) is 0 Å². The number of likely N-dealkylation sites (N-methyl/N-ethyl adjacent to an activating group) is 1. The van der Waals surface area contributed by atoms with E-state index in [1.807, 2.05) is 43.0 Å². The van der Waals surface area contributed by atoms with Gasteiger partial charge in [-0.05, 0) is 52.4 Å². The number of rotatable bonds is 4. The zero-order chi connectivity index (χ0) is 30.2. The minimum atomic E-state index is -5.08. The van der Waals surface area contributed by atoms with Gasteiger partial charge in [0.05, 0.1) is 11.0 Å². The summed E-state index contributed by atoms with van der Waals surface area (Å²) in [6, 6.07) is 3.69. The number of aryl methyl sites for hydroxylation is 1. The van der Waals surface area contributed by atoms with E-state index in [1.54, 1.807) is 6.20 Å². The molecule has 0 aromatic carbocycles. The lowest BCUT2D eigenvalue weighted by Crippen LogP contribution is -2.47. The van der Waals surface area contributed by atoms with Crippen LogP contribution in [0.4, 0.5) is 26.3 Å². The molecule has 3 rings (SSSR count). The number of amides is 2. The molecule has 2 aliphatic heterocycles. The third kappa shape index (κ3) is 10.3. The summed E-state index contributed by atoms with van der Waals surface area (Å²) < 4.78 is 63.5. The first-order valence-corrected chi connectivity index (χ1v) is 11.6. The van der Waals surface area contributed by atoms with Crippen molar-refractivity contribution in [3.8, 4) is 0 Å². The molecule has 0 radical (unpaired) electrons. The van der Waals surface area contributed by atoms with Crippen molar-refractivity contribution in [3.05, 3.63) is 29.6 Å². The Balaban J connectivity index is 0.000000449. The average Bonchev–Trinajstić information content (AvgIpc) is 3.12. The van der Waals surface area contributed by atoms with Gasteiger partial charge in [-0.1, -0.05) is 0 Å². The summed E-state index contributed by atoms with van der Waals surface area (Å²) in [5.74, 6) is -5.20. The fourth-order valence-corrected chi connectivity index (χ4v) is 3.81. The van der Waals surface area contributed by atoms with Crippen molar-refractivity contribution in [1.82, 2.24) is 19.7 Å². The Bertz CT molecular complexity index is 982. The van der Waals surface area contributed by atoms with Gasteiger partial charge in [-0.25, -0.2) is 9.59 Å². The fourth-order valence-electron chi connectivity index (χ4n) is 3.81. The number of pyridine rings is 1. The van der Waals surface area contributed by atoms with Crippen molar-refractivity contribution >= 4 is 23.8 Å². The number of carbonyl (C=O) groups excluding carboxylic acids is 2. The molecular formula is C23H30F6N4O6. The summed E-state index contributed by atoms with van der Waals surface area (Å²) in [5.41, 5.74) is 1.30. The third-order valence-corrected chi connectivity index (χ3v) is 6.07. The molecule has 2 aliphatic rings. The maximum absolute atomic E-state index is 12.9. The van der Waals surface area contributed by atoms with Crippen LogP contribution < -0.4 is 0 Å². The number of hydrogen-bond donors (Lipinski definition) is 2. The molecule has 1 spiro atoms. The number of aliphatic carboxylic acids is 2. The van der Waals surface area contributed by atoms with Gasteiger partial charge in [-0.2, -0.15) is 26.3 Å². The van der Waals surface area contributed by atoms with Crippen LogP contribution in [0.5, 0.6) is 0 Å². The summed E-state index contributed by atoms with van der Waals surface area (Å²) in [5, 5.41) is 14.2. The Morgan fingerprint density at radius 2 is 1.41 bits per heavy atom. The molecular weight excluding hydrogens is 542 g/mol. The molecule has 2 N–H and O–H groups in total. The quantitative estimate of drug-likeness (QED) is 0.527. The van der Waals surface area contributed by atoms with Gasteiger partial charge in [0.2, 0.25) is 5.91 Å². The Morgan fingerprint density at radius 1 is 0.949 bits per heavy atom. The number of halogens is 6. The number of aromatic nitrogens is 1. The predicted molar refractivity (Wildman–Crippen MR) is 124 cm³/mol. The highest BCUT2D eigenvalue weighted by molar-refractivity contribution is 5.94. The largest absolute Gasteiger partial charge is 0.490 e. The molecule has 0 bridgehead atoms. The molecule has 2 fully saturated rings. The van der Waals surface area contributed by atoms with Crippen LogP contribution in [0.15, 0.2) is 18.3 Å². The van der Waals surface area contributed by atoms with Gasteiger partial charge in [0.1, 0.15) is 0 Å². The molecule has 1 aromatic rings. The number of carboxylic acid groups (broad SMARTS) is 2. The molecule has 39 heavy (non-hydrogen) atoms. The van der Waals surface area contributed by atoms with Gasteiger partial charge in [0, 0.05) is 44.6 Å². The second-order valence-corrected chi connectivity index (χ2v) is 9.21. The van der Waals surface area contributed by atoms with Crippen molar-refractivity contribution in [2.75, 3.05) is 46.8 Å². The number of piperidine rings is 1. The van der Waals surface area contributed by atoms with Crippen molar-refractivity contribution < 1.29 is 55.7 Å². The van der Waals surface area contributed by atoms with Crippen LogP contribution in [0.3, 0.4) is 0 Å². The van der Waals surface area contributed by atoms with Gasteiger partial charge in [-0.3, -0.25) is 14.6 Å². The van der Waals surface area contributed by atoms with E-state index in [2.05, 4.69) is 9.88 Å². The average molecular weight is 573 g/mol. The van der Waals surface area contributed by atoms with Crippen LogP contribution >= 0.6 is 0 Å². The molecule has 3 heterocycles. The van der Waals surface area contributed by atoms with Gasteiger partial charge in [0.15, 0.2) is 0 Å². The van der Waals surface area contributed by atoms with Crippen molar-refractivity contribution in [1.29, 1.82) is 0 Å². The predicted octanol–water partition coefficient (Wildman–Crippen LogP) is 2.67. The second kappa shape index (κ2) is 13.6. The molecule has 16 heteroatoms. The molecule has 10 nitrogen and oxygen atoms in total. The van der Waals surface area contributed by atoms with E-state index in [0.29, 0.717) is 24.6 Å². The standard InChI is InChI=1S/C19H28N4O2.2C2HF3O2/c1-15-4-5-16(14-20-15)17(24)22-9-6-19(7-10-22)8-11-23(18(19)25)13-12-21(2)3;2*3-2(4,5)1(6)7/h4-5,14H,6-13H2,1-3H3;2*(H,6,7). The first-order chi connectivity index (χ1) is 17.8. The number of likely N-dealkylation sites (tertiary alicyclic amines) is 2. The first kappa shape index (κ1) is 33.6. The Kier molecular flexibility index (Phi) is 11.7. The Morgan fingerprint density at radius 3 is 1.79 bits per heavy atom. The van der Waals surface area contributed by atoms with Crippen molar-refractivity contribution in [3.63, 3.8) is 0 Å². The lowest BCUT2D eigenvalue weighted by atomic mass is 9.77. The number of alkyl halides is 6. The summed E-state index contributed by atoms with van der Waals surface area (Å²) >= 11 is 0. The molecule has 0 atom stereocenters. The van der Waals surface area contributed by atoms with Crippen molar-refractivity contribution in [2.45, 2.75) is 38.5 Å². The van der Waals surface area contributed by atoms with E-state index in [1.165, 1.54) is 0 Å². The van der Waals surface area contributed by atoms with E-state index in [4.69, 9.17) is 19.8 Å². The van der Waals surface area contributed by atoms with Crippen LogP contribution in [-0.4, -0.2) is 113 Å². The van der Waals surface area contributed by atoms with E-state index in [9.17, 15) is 35.9 Å². The highest BCUT2D eigenvalue weighted by Crippen LogP contribution is 2.41. The smallest absolute Gasteiger partial charge is 0.475 e. The monoisotopic (exact) mass is 572 g/mol. The lowest BCUT2D eigenvalue weighted by molar-refractivity contribution is -0.193. The Hall–Kier alpha value is -3.43. The van der Waals surface area contributed by atoms with Crippen molar-refractivity contribution in [2.24, 2.45) is 5.41 Å². The molecule has 2 saturated heterocycles. The van der Waals surface area contributed by atoms with E-state index in [0.717, 1.165) is 44.6 Å². The number of nitrogens with zero attached hydrogens (tertiary/aromatic N) is 4. The van der Waals surface area contributed by atoms with Gasteiger partial charge < -0.3 is 24.9 Å². The van der Waals surface area contributed by atoms with E-state index < -0.39 is 24.3 Å². The minimum absolute atomic E-state index is 0.0252. The van der Waals surface area contributed by atoms with Crippen LogP contribution in [-0.2, 0) is 14.4 Å². The van der Waals surface area contributed by atoms with E-state index >= 15 is 0 Å². The third-order valence-electron chi connectivity index (χ3n) is 6.07. The highest BCUT2D eigenvalue weighted by Gasteiger charge is 2.48. The normalized spacial score (nSPS) is 16.8. The fraction of sp³-hybridized carbons (Fsp3) is 0.609. The number of hydrogen-bond acceptors (Lipinski definition) is 6. The van der Waals surface area contributed by atoms with Crippen LogP contribution in [0.1, 0.15) is 35.3 Å². The minimum Gasteiger partial charge on any atom is -0.475 e. The first-order valence-electron chi connectivity index (χ1n) is 11.6. The summed E-state index contributed by atoms with van der Waals surface area (Å²) in [6.45, 7) is 5.76. The second-order valence-electron chi connectivity index (χ2n) is 9.21. The van der Waals surface area contributed by atoms with Crippen LogP contribution in [0.2, 0.25) is 0 Å². The lowest BCUT2D eigenvalue weighted by Gasteiger charge is -2.38. The summed E-state index contributed by atoms with van der Waals surface area (Å²) in [7, 11) is 4.06.